The summed E-state index contributed by atoms with van der Waals surface area (Å²) in [6.45, 7) is 0.406. The zero-order valence-corrected chi connectivity index (χ0v) is 11.3. The largest absolute Gasteiger partial charge is 0.244 e. The van der Waals surface area contributed by atoms with Gasteiger partial charge in [0.1, 0.15) is 6.04 Å². The van der Waals surface area contributed by atoms with Crippen molar-refractivity contribution in [1.29, 1.82) is 5.26 Å². The van der Waals surface area contributed by atoms with E-state index in [4.69, 9.17) is 16.9 Å². The number of hydrogen-bond acceptors (Lipinski definition) is 3. The summed E-state index contributed by atoms with van der Waals surface area (Å²) in [5.41, 5.74) is 0. The van der Waals surface area contributed by atoms with Crippen LogP contribution in [-0.2, 0) is 10.0 Å². The van der Waals surface area contributed by atoms with Gasteiger partial charge in [-0.3, -0.25) is 0 Å². The van der Waals surface area contributed by atoms with Crippen LogP contribution < -0.4 is 0 Å². The Morgan fingerprint density at radius 3 is 2.56 bits per heavy atom. The van der Waals surface area contributed by atoms with E-state index in [1.807, 2.05) is 0 Å². The molecule has 1 saturated heterocycles. The van der Waals surface area contributed by atoms with Crippen LogP contribution in [0.15, 0.2) is 29.2 Å². The second-order valence-corrected chi connectivity index (χ2v) is 6.54. The van der Waals surface area contributed by atoms with Gasteiger partial charge in [-0.1, -0.05) is 11.6 Å². The lowest BCUT2D eigenvalue weighted by molar-refractivity contribution is 0.297. The lowest BCUT2D eigenvalue weighted by Gasteiger charge is -2.30. The summed E-state index contributed by atoms with van der Waals surface area (Å²) in [6.07, 6.45) is 2.29. The van der Waals surface area contributed by atoms with Crippen molar-refractivity contribution >= 4 is 21.6 Å². The minimum atomic E-state index is -3.59. The Morgan fingerprint density at radius 1 is 1.28 bits per heavy atom. The van der Waals surface area contributed by atoms with E-state index in [2.05, 4.69) is 6.07 Å². The fourth-order valence-electron chi connectivity index (χ4n) is 2.06. The van der Waals surface area contributed by atoms with Gasteiger partial charge in [0.25, 0.3) is 0 Å². The zero-order chi connectivity index (χ0) is 13.2. The predicted octanol–water partition coefficient (Wildman–Crippen LogP) is 2.41. The molecule has 1 heterocycles. The van der Waals surface area contributed by atoms with Gasteiger partial charge >= 0.3 is 0 Å². The Bertz CT molecular complexity index is 563. The first-order valence-corrected chi connectivity index (χ1v) is 7.54. The minimum Gasteiger partial charge on any atom is -0.207 e. The van der Waals surface area contributed by atoms with Crippen molar-refractivity contribution in [1.82, 2.24) is 4.31 Å². The summed E-state index contributed by atoms with van der Waals surface area (Å²) >= 11 is 5.74. The van der Waals surface area contributed by atoms with E-state index in [1.165, 1.54) is 16.4 Å². The van der Waals surface area contributed by atoms with Crippen LogP contribution in [0.2, 0.25) is 5.02 Å². The number of halogens is 1. The molecule has 2 rings (SSSR count). The van der Waals surface area contributed by atoms with E-state index in [0.717, 1.165) is 12.8 Å². The number of rotatable bonds is 2. The third-order valence-corrected chi connectivity index (χ3v) is 5.20. The van der Waals surface area contributed by atoms with Crippen LogP contribution >= 0.6 is 11.6 Å². The maximum absolute atomic E-state index is 12.4. The van der Waals surface area contributed by atoms with Gasteiger partial charge in [-0.15, -0.1) is 0 Å². The van der Waals surface area contributed by atoms with Crippen LogP contribution in [0.5, 0.6) is 0 Å². The molecule has 1 aliphatic heterocycles. The molecule has 4 nitrogen and oxygen atoms in total. The van der Waals surface area contributed by atoms with Crippen molar-refractivity contribution in [2.75, 3.05) is 6.54 Å². The summed E-state index contributed by atoms with van der Waals surface area (Å²) in [4.78, 5) is 0.189. The zero-order valence-electron chi connectivity index (χ0n) is 9.71. The van der Waals surface area contributed by atoms with Crippen LogP contribution in [-0.4, -0.2) is 25.3 Å². The molecule has 0 N–H and O–H groups in total. The van der Waals surface area contributed by atoms with Gasteiger partial charge in [-0.05, 0) is 43.5 Å². The average molecular weight is 285 g/mol. The van der Waals surface area contributed by atoms with Gasteiger partial charge in [-0.25, -0.2) is 8.42 Å². The summed E-state index contributed by atoms with van der Waals surface area (Å²) in [7, 11) is -3.59. The van der Waals surface area contributed by atoms with Crippen LogP contribution in [0.4, 0.5) is 0 Å². The summed E-state index contributed by atoms with van der Waals surface area (Å²) in [6, 6.07) is 7.53. The van der Waals surface area contributed by atoms with E-state index in [-0.39, 0.29) is 4.90 Å². The van der Waals surface area contributed by atoms with E-state index >= 15 is 0 Å². The maximum atomic E-state index is 12.4. The second-order valence-electron chi connectivity index (χ2n) is 4.21. The van der Waals surface area contributed by atoms with E-state index < -0.39 is 16.1 Å². The number of hydrogen-bond donors (Lipinski definition) is 0. The van der Waals surface area contributed by atoms with Gasteiger partial charge in [0.15, 0.2) is 0 Å². The number of piperidine rings is 1. The quantitative estimate of drug-likeness (QED) is 0.838. The first kappa shape index (κ1) is 13.3. The van der Waals surface area contributed by atoms with Gasteiger partial charge < -0.3 is 0 Å². The molecule has 0 aromatic heterocycles. The monoisotopic (exact) mass is 284 g/mol. The van der Waals surface area contributed by atoms with E-state index in [0.29, 0.717) is 18.0 Å². The Morgan fingerprint density at radius 2 is 1.94 bits per heavy atom. The summed E-state index contributed by atoms with van der Waals surface area (Å²) in [5.74, 6) is 0. The number of nitriles is 1. The van der Waals surface area contributed by atoms with Crippen LogP contribution in [0.3, 0.4) is 0 Å². The summed E-state index contributed by atoms with van der Waals surface area (Å²) in [5, 5.41) is 9.53. The molecule has 6 heteroatoms. The molecule has 1 aromatic carbocycles. The highest BCUT2D eigenvalue weighted by atomic mass is 35.5. The van der Waals surface area contributed by atoms with Crippen LogP contribution in [0.1, 0.15) is 19.3 Å². The van der Waals surface area contributed by atoms with Gasteiger partial charge in [0.05, 0.1) is 11.0 Å². The number of nitrogens with zero attached hydrogens (tertiary/aromatic N) is 2. The molecule has 1 aliphatic rings. The normalized spacial score (nSPS) is 21.4. The molecule has 0 amide bonds. The molecule has 0 aliphatic carbocycles. The molecule has 96 valence electrons. The molecule has 18 heavy (non-hydrogen) atoms. The number of sulfonamides is 1. The van der Waals surface area contributed by atoms with Crippen molar-refractivity contribution in [3.05, 3.63) is 29.3 Å². The molecular formula is C12H13ClN2O2S. The molecule has 0 bridgehead atoms. The van der Waals surface area contributed by atoms with Gasteiger partial charge in [-0.2, -0.15) is 9.57 Å². The van der Waals surface area contributed by atoms with Crippen molar-refractivity contribution in [3.63, 3.8) is 0 Å². The molecule has 1 atom stereocenters. The van der Waals surface area contributed by atoms with Crippen molar-refractivity contribution < 1.29 is 8.42 Å². The highest BCUT2D eigenvalue weighted by molar-refractivity contribution is 7.89. The smallest absolute Gasteiger partial charge is 0.207 e. The Kier molecular flexibility index (Phi) is 3.91. The topological polar surface area (TPSA) is 61.2 Å². The minimum absolute atomic E-state index is 0.189. The first-order chi connectivity index (χ1) is 8.55. The Balaban J connectivity index is 2.35. The van der Waals surface area contributed by atoms with E-state index in [1.54, 1.807) is 12.1 Å². The van der Waals surface area contributed by atoms with Crippen molar-refractivity contribution in [2.45, 2.75) is 30.2 Å². The fraction of sp³-hybridized carbons (Fsp3) is 0.417. The average Bonchev–Trinajstić information content (AvgIpc) is 2.39. The number of benzene rings is 1. The third kappa shape index (κ3) is 2.51. The van der Waals surface area contributed by atoms with E-state index in [9.17, 15) is 8.42 Å². The molecule has 1 aromatic rings. The molecular weight excluding hydrogens is 272 g/mol. The molecule has 0 saturated carbocycles. The highest BCUT2D eigenvalue weighted by Crippen LogP contribution is 2.25. The van der Waals surface area contributed by atoms with Crippen molar-refractivity contribution in [2.24, 2.45) is 0 Å². The molecule has 0 spiro atoms. The fourth-order valence-corrected chi connectivity index (χ4v) is 3.80. The van der Waals surface area contributed by atoms with Crippen molar-refractivity contribution in [3.8, 4) is 6.07 Å². The Hall–Kier alpha value is -1.09. The lowest BCUT2D eigenvalue weighted by atomic mass is 10.1. The molecule has 0 radical (unpaired) electrons. The first-order valence-electron chi connectivity index (χ1n) is 5.73. The van der Waals surface area contributed by atoms with Crippen LogP contribution in [0, 0.1) is 11.3 Å². The summed E-state index contributed by atoms with van der Waals surface area (Å²) < 4.78 is 26.1. The highest BCUT2D eigenvalue weighted by Gasteiger charge is 2.33. The maximum Gasteiger partial charge on any atom is 0.244 e. The third-order valence-electron chi connectivity index (χ3n) is 3.02. The molecule has 1 fully saturated rings. The van der Waals surface area contributed by atoms with Gasteiger partial charge in [0, 0.05) is 11.6 Å². The lowest BCUT2D eigenvalue weighted by Crippen LogP contribution is -2.42. The Labute approximate surface area is 112 Å². The van der Waals surface area contributed by atoms with Gasteiger partial charge in [0.2, 0.25) is 10.0 Å². The standard InChI is InChI=1S/C12H13ClN2O2S/c13-10-4-6-12(7-5-10)18(16,17)15-8-2-1-3-11(15)9-14/h4-7,11H,1-3,8H2. The second kappa shape index (κ2) is 5.27. The SMILES string of the molecule is N#CC1CCCCN1S(=O)(=O)c1ccc(Cl)cc1. The van der Waals surface area contributed by atoms with Crippen LogP contribution in [0.25, 0.3) is 0 Å². The molecule has 1 unspecified atom stereocenters. The predicted molar refractivity (Wildman–Crippen MR) is 68.6 cm³/mol.